The molecule has 3 rings (SSSR count). The van der Waals surface area contributed by atoms with E-state index in [1.54, 1.807) is 18.2 Å². The van der Waals surface area contributed by atoms with Crippen molar-refractivity contribution in [3.05, 3.63) is 64.3 Å². The van der Waals surface area contributed by atoms with Crippen molar-refractivity contribution in [2.75, 3.05) is 0 Å². The summed E-state index contributed by atoms with van der Waals surface area (Å²) in [6.07, 6.45) is -2.61. The number of halogens is 4. The molecule has 0 amide bonds. The van der Waals surface area contributed by atoms with Crippen molar-refractivity contribution in [3.8, 4) is 5.75 Å². The Morgan fingerprint density at radius 1 is 1.29 bits per heavy atom. The van der Waals surface area contributed by atoms with Gasteiger partial charge in [-0.25, -0.2) is 4.79 Å². The Hall–Kier alpha value is -3.00. The van der Waals surface area contributed by atoms with Gasteiger partial charge in [0.2, 0.25) is 0 Å². The molecule has 0 fully saturated rings. The normalized spacial score (nSPS) is 12.0. The first-order valence-electron chi connectivity index (χ1n) is 8.05. The topological polar surface area (TPSA) is 64.4 Å². The van der Waals surface area contributed by atoms with Crippen molar-refractivity contribution < 1.29 is 27.8 Å². The summed E-state index contributed by atoms with van der Waals surface area (Å²) in [5.74, 6) is -1.55. The minimum Gasteiger partial charge on any atom is -0.478 e. The maximum atomic E-state index is 12.6. The van der Waals surface area contributed by atoms with Gasteiger partial charge in [0.25, 0.3) is 0 Å². The molecule has 1 aromatic heterocycles. The number of fused-ring (bicyclic) bond motifs is 1. The summed E-state index contributed by atoms with van der Waals surface area (Å²) in [6, 6.07) is 9.07. The first-order valence-corrected chi connectivity index (χ1v) is 8.42. The molecule has 1 heterocycles. The van der Waals surface area contributed by atoms with Gasteiger partial charge >= 0.3 is 12.3 Å². The fraction of sp³-hybridized carbons (Fsp3) is 0.158. The summed E-state index contributed by atoms with van der Waals surface area (Å²) in [5, 5.41) is 14.3. The number of hydrogen-bond acceptors (Lipinski definition) is 3. The van der Waals surface area contributed by atoms with Crippen LogP contribution < -0.4 is 4.74 Å². The number of alkyl halides is 3. The number of benzene rings is 2. The molecule has 0 aliphatic heterocycles. The second-order valence-corrected chi connectivity index (χ2v) is 6.45. The molecular weight excluding hydrogens is 397 g/mol. The number of rotatable bonds is 5. The third-order valence-electron chi connectivity index (χ3n) is 3.99. The molecule has 2 aromatic carbocycles. The van der Waals surface area contributed by atoms with E-state index in [-0.39, 0.29) is 12.3 Å². The van der Waals surface area contributed by atoms with Gasteiger partial charge in [-0.3, -0.25) is 4.68 Å². The lowest BCUT2D eigenvalue weighted by Gasteiger charge is -2.10. The van der Waals surface area contributed by atoms with Crippen LogP contribution in [-0.2, 0) is 11.3 Å². The van der Waals surface area contributed by atoms with Crippen LogP contribution in [0.2, 0.25) is 5.02 Å². The van der Waals surface area contributed by atoms with Gasteiger partial charge in [0.05, 0.1) is 17.8 Å². The summed E-state index contributed by atoms with van der Waals surface area (Å²) >= 11 is 5.96. The highest BCUT2D eigenvalue weighted by Gasteiger charge is 2.31. The van der Waals surface area contributed by atoms with E-state index in [2.05, 4.69) is 9.84 Å². The molecule has 0 bridgehead atoms. The van der Waals surface area contributed by atoms with Gasteiger partial charge in [-0.05, 0) is 48.4 Å². The van der Waals surface area contributed by atoms with Gasteiger partial charge in [0, 0.05) is 22.6 Å². The van der Waals surface area contributed by atoms with Crippen molar-refractivity contribution >= 4 is 34.5 Å². The highest BCUT2D eigenvalue weighted by atomic mass is 35.5. The number of nitrogens with zero attached hydrogens (tertiary/aromatic N) is 2. The molecule has 3 aromatic rings. The summed E-state index contributed by atoms with van der Waals surface area (Å²) in [7, 11) is 0. The van der Waals surface area contributed by atoms with Crippen LogP contribution in [0.5, 0.6) is 5.75 Å². The van der Waals surface area contributed by atoms with E-state index in [0.717, 1.165) is 23.3 Å². The third-order valence-corrected chi connectivity index (χ3v) is 4.23. The van der Waals surface area contributed by atoms with Crippen LogP contribution in [0.1, 0.15) is 16.8 Å². The third kappa shape index (κ3) is 4.64. The van der Waals surface area contributed by atoms with E-state index in [4.69, 9.17) is 16.7 Å². The number of carboxylic acid groups (broad SMARTS) is 1. The van der Waals surface area contributed by atoms with Gasteiger partial charge in [-0.2, -0.15) is 5.10 Å². The number of carboxylic acids is 1. The lowest BCUT2D eigenvalue weighted by molar-refractivity contribution is -0.274. The molecule has 1 N–H and O–H groups in total. The van der Waals surface area contributed by atoms with Gasteiger partial charge in [0.15, 0.2) is 0 Å². The maximum absolute atomic E-state index is 12.6. The molecule has 0 saturated heterocycles. The number of aliphatic carboxylic acids is 1. The smallest absolute Gasteiger partial charge is 0.478 e. The van der Waals surface area contributed by atoms with Crippen LogP contribution in [0, 0.1) is 6.92 Å². The van der Waals surface area contributed by atoms with Gasteiger partial charge in [-0.15, -0.1) is 13.2 Å². The number of aromatic nitrogens is 2. The van der Waals surface area contributed by atoms with Gasteiger partial charge in [-0.1, -0.05) is 17.7 Å². The first kappa shape index (κ1) is 19.8. The number of hydrogen-bond donors (Lipinski definition) is 1. The van der Waals surface area contributed by atoms with Crippen molar-refractivity contribution in [2.24, 2.45) is 0 Å². The maximum Gasteiger partial charge on any atom is 0.573 e. The summed E-state index contributed by atoms with van der Waals surface area (Å²) in [6.45, 7) is 2.12. The molecule has 9 heteroatoms. The van der Waals surface area contributed by atoms with Crippen LogP contribution in [0.4, 0.5) is 13.2 Å². The Morgan fingerprint density at radius 2 is 2.04 bits per heavy atom. The predicted octanol–water partition coefficient (Wildman–Crippen LogP) is 5.04. The van der Waals surface area contributed by atoms with Crippen LogP contribution >= 0.6 is 11.6 Å². The summed E-state index contributed by atoms with van der Waals surface area (Å²) in [4.78, 5) is 10.8. The second-order valence-electron chi connectivity index (χ2n) is 6.01. The average Bonchev–Trinajstić information content (AvgIpc) is 2.91. The minimum atomic E-state index is -4.82. The number of ether oxygens (including phenoxy) is 1. The minimum absolute atomic E-state index is 0.260. The molecule has 28 heavy (non-hydrogen) atoms. The Morgan fingerprint density at radius 3 is 2.68 bits per heavy atom. The SMILES string of the molecule is Cc1cc(Cl)ccc1Cn1nc(/C=C/C(=O)O)c2ccc(OC(F)(F)F)cc21. The first-order chi connectivity index (χ1) is 13.1. The zero-order valence-corrected chi connectivity index (χ0v) is 15.3. The van der Waals surface area contributed by atoms with Crippen molar-refractivity contribution in [3.63, 3.8) is 0 Å². The van der Waals surface area contributed by atoms with Crippen LogP contribution in [0.25, 0.3) is 17.0 Å². The summed E-state index contributed by atoms with van der Waals surface area (Å²) in [5.41, 5.74) is 2.45. The van der Waals surface area contributed by atoms with Crippen molar-refractivity contribution in [1.82, 2.24) is 9.78 Å². The summed E-state index contributed by atoms with van der Waals surface area (Å²) < 4.78 is 43.2. The largest absolute Gasteiger partial charge is 0.573 e. The van der Waals surface area contributed by atoms with E-state index in [1.807, 2.05) is 6.92 Å². The number of carbonyl (C=O) groups is 1. The highest BCUT2D eigenvalue weighted by molar-refractivity contribution is 6.30. The average molecular weight is 411 g/mol. The van der Waals surface area contributed by atoms with Crippen molar-refractivity contribution in [2.45, 2.75) is 19.8 Å². The second kappa shape index (κ2) is 7.55. The Bertz CT molecular complexity index is 1070. The number of aryl methyl sites for hydroxylation is 1. The Balaban J connectivity index is 2.10. The lowest BCUT2D eigenvalue weighted by atomic mass is 10.1. The molecular formula is C19H14ClF3N2O3. The zero-order valence-electron chi connectivity index (χ0n) is 14.5. The molecule has 5 nitrogen and oxygen atoms in total. The van der Waals surface area contributed by atoms with E-state index in [9.17, 15) is 18.0 Å². The highest BCUT2D eigenvalue weighted by Crippen LogP contribution is 2.29. The quantitative estimate of drug-likeness (QED) is 0.598. The molecule has 0 unspecified atom stereocenters. The van der Waals surface area contributed by atoms with Crippen LogP contribution in [0.3, 0.4) is 0 Å². The van der Waals surface area contributed by atoms with Gasteiger partial charge < -0.3 is 9.84 Å². The molecule has 0 atom stereocenters. The monoisotopic (exact) mass is 410 g/mol. The van der Waals surface area contributed by atoms with Gasteiger partial charge in [0.1, 0.15) is 5.75 Å². The molecule has 0 aliphatic rings. The molecule has 146 valence electrons. The molecule has 0 radical (unpaired) electrons. The zero-order chi connectivity index (χ0) is 20.5. The Labute approximate surface area is 162 Å². The van der Waals surface area contributed by atoms with E-state index < -0.39 is 12.3 Å². The van der Waals surface area contributed by atoms with E-state index in [1.165, 1.54) is 22.9 Å². The lowest BCUT2D eigenvalue weighted by Crippen LogP contribution is -2.17. The van der Waals surface area contributed by atoms with Crippen LogP contribution in [0.15, 0.2) is 42.5 Å². The standard InChI is InChI=1S/C19H14ClF3N2O3/c1-11-8-13(20)3-2-12(11)10-25-17-9-14(28-19(21,22)23)4-5-15(17)16(24-25)6-7-18(26)27/h2-9H,10H2,1H3,(H,26,27)/b7-6+. The molecule has 0 spiro atoms. The van der Waals surface area contributed by atoms with Crippen molar-refractivity contribution in [1.29, 1.82) is 0 Å². The van der Waals surface area contributed by atoms with E-state index in [0.29, 0.717) is 21.6 Å². The molecule has 0 aliphatic carbocycles. The molecule has 0 saturated carbocycles. The fourth-order valence-electron chi connectivity index (χ4n) is 2.77. The Kier molecular flexibility index (Phi) is 5.33. The predicted molar refractivity (Wildman–Crippen MR) is 98.4 cm³/mol. The fourth-order valence-corrected chi connectivity index (χ4v) is 3.00. The van der Waals surface area contributed by atoms with Crippen LogP contribution in [-0.4, -0.2) is 27.2 Å². The van der Waals surface area contributed by atoms with E-state index >= 15 is 0 Å².